The maximum atomic E-state index is 12.0. The Labute approximate surface area is 126 Å². The molecule has 0 aromatic heterocycles. The van der Waals surface area contributed by atoms with Crippen LogP contribution in [0, 0.1) is 17.8 Å². The van der Waals surface area contributed by atoms with Crippen LogP contribution in [0.2, 0.25) is 0 Å². The van der Waals surface area contributed by atoms with Crippen LogP contribution in [0.1, 0.15) is 66.7 Å². The fourth-order valence-corrected chi connectivity index (χ4v) is 2.92. The molecule has 1 amide bonds. The molecule has 0 aromatic rings. The number of nitrogens with one attached hydrogen (secondary N) is 2. The first kappa shape index (κ1) is 19.4. The van der Waals surface area contributed by atoms with Gasteiger partial charge in [-0.25, -0.2) is 0 Å². The van der Waals surface area contributed by atoms with Gasteiger partial charge in [0.05, 0.1) is 0 Å². The lowest BCUT2D eigenvalue weighted by molar-refractivity contribution is -0.126. The molecule has 0 bridgehead atoms. The van der Waals surface area contributed by atoms with Gasteiger partial charge in [0.25, 0.3) is 0 Å². The van der Waals surface area contributed by atoms with Crippen molar-refractivity contribution in [1.29, 1.82) is 0 Å². The van der Waals surface area contributed by atoms with E-state index in [1.165, 1.54) is 19.3 Å². The van der Waals surface area contributed by atoms with Gasteiger partial charge in [-0.3, -0.25) is 4.79 Å². The first-order chi connectivity index (χ1) is 9.63. The molecule has 1 fully saturated rings. The van der Waals surface area contributed by atoms with Crippen molar-refractivity contribution in [2.75, 3.05) is 19.6 Å². The predicted octanol–water partition coefficient (Wildman–Crippen LogP) is 3.59. The number of carbonyl (C=O) groups is 1. The molecule has 3 nitrogen and oxygen atoms in total. The van der Waals surface area contributed by atoms with E-state index in [0.717, 1.165) is 44.3 Å². The van der Waals surface area contributed by atoms with Crippen LogP contribution in [-0.4, -0.2) is 25.5 Å². The lowest BCUT2D eigenvalue weighted by atomic mass is 9.78. The third-order valence-corrected chi connectivity index (χ3v) is 3.87. The number of hydrogen-bond acceptors (Lipinski definition) is 2. The number of amides is 1. The van der Waals surface area contributed by atoms with Gasteiger partial charge >= 0.3 is 0 Å². The molecule has 120 valence electrons. The Morgan fingerprint density at radius 1 is 1.10 bits per heavy atom. The van der Waals surface area contributed by atoms with Crippen LogP contribution in [0.3, 0.4) is 0 Å². The van der Waals surface area contributed by atoms with E-state index in [1.54, 1.807) is 0 Å². The van der Waals surface area contributed by atoms with E-state index in [4.69, 9.17) is 0 Å². The van der Waals surface area contributed by atoms with Crippen molar-refractivity contribution in [3.05, 3.63) is 0 Å². The van der Waals surface area contributed by atoms with Crippen LogP contribution >= 0.6 is 0 Å². The maximum absolute atomic E-state index is 12.0. The molecule has 3 heteroatoms. The molecule has 0 radical (unpaired) electrons. The molecule has 0 atom stereocenters. The van der Waals surface area contributed by atoms with Crippen molar-refractivity contribution >= 4 is 5.91 Å². The molecule has 1 saturated carbocycles. The molecule has 0 saturated heterocycles. The largest absolute Gasteiger partial charge is 0.355 e. The Kier molecular flexibility index (Phi) is 11.8. The fourth-order valence-electron chi connectivity index (χ4n) is 2.92. The summed E-state index contributed by atoms with van der Waals surface area (Å²) < 4.78 is 0. The van der Waals surface area contributed by atoms with Crippen LogP contribution in [0.15, 0.2) is 0 Å². The molecule has 1 rings (SSSR count). The van der Waals surface area contributed by atoms with Gasteiger partial charge in [0, 0.05) is 19.0 Å². The minimum atomic E-state index is 0.273. The van der Waals surface area contributed by atoms with Gasteiger partial charge < -0.3 is 10.6 Å². The molecule has 0 spiro atoms. The van der Waals surface area contributed by atoms with Gasteiger partial charge in [-0.15, -0.1) is 0 Å². The highest BCUT2D eigenvalue weighted by atomic mass is 16.1. The second kappa shape index (κ2) is 12.2. The van der Waals surface area contributed by atoms with Crippen molar-refractivity contribution in [3.8, 4) is 0 Å². The van der Waals surface area contributed by atoms with E-state index in [0.29, 0.717) is 0 Å². The molecule has 0 unspecified atom stereocenters. The van der Waals surface area contributed by atoms with Crippen molar-refractivity contribution in [3.63, 3.8) is 0 Å². The first-order valence-electron chi connectivity index (χ1n) is 8.61. The molecule has 20 heavy (non-hydrogen) atoms. The third-order valence-electron chi connectivity index (χ3n) is 3.87. The Balaban J connectivity index is 0.00000172. The summed E-state index contributed by atoms with van der Waals surface area (Å²) in [6.45, 7) is 13.3. The number of carbonyl (C=O) groups excluding carboxylic acids is 1. The fraction of sp³-hybridized carbons (Fsp3) is 0.941. The Morgan fingerprint density at radius 3 is 2.20 bits per heavy atom. The van der Waals surface area contributed by atoms with Crippen LogP contribution < -0.4 is 10.6 Å². The molecule has 0 heterocycles. The first-order valence-corrected chi connectivity index (χ1v) is 8.61. The van der Waals surface area contributed by atoms with Gasteiger partial charge in [-0.2, -0.15) is 0 Å². The number of likely N-dealkylation sites (N-methyl/N-ethyl adjacent to an activating group) is 1. The SMILES string of the molecule is CC.CCNCCNC(=O)C1CCC(CC(C)C)CC1. The van der Waals surface area contributed by atoms with E-state index in [9.17, 15) is 4.79 Å². The van der Waals surface area contributed by atoms with Crippen molar-refractivity contribution < 1.29 is 4.79 Å². The average Bonchev–Trinajstić information content (AvgIpc) is 2.46. The van der Waals surface area contributed by atoms with E-state index < -0.39 is 0 Å². The average molecular weight is 284 g/mol. The van der Waals surface area contributed by atoms with Crippen LogP contribution in [-0.2, 0) is 4.79 Å². The summed E-state index contributed by atoms with van der Waals surface area (Å²) in [6.07, 6.45) is 5.98. The normalized spacial score (nSPS) is 22.1. The summed E-state index contributed by atoms with van der Waals surface area (Å²) in [4.78, 5) is 12.0. The maximum Gasteiger partial charge on any atom is 0.223 e. The molecule has 1 aliphatic carbocycles. The van der Waals surface area contributed by atoms with Gasteiger partial charge in [-0.1, -0.05) is 34.6 Å². The summed E-state index contributed by atoms with van der Waals surface area (Å²) in [6, 6.07) is 0. The zero-order valence-electron chi connectivity index (χ0n) is 14.3. The zero-order chi connectivity index (χ0) is 15.4. The minimum Gasteiger partial charge on any atom is -0.355 e. The topological polar surface area (TPSA) is 41.1 Å². The zero-order valence-corrected chi connectivity index (χ0v) is 14.3. The highest BCUT2D eigenvalue weighted by Crippen LogP contribution is 2.32. The molecular formula is C17H36N2O. The highest BCUT2D eigenvalue weighted by molar-refractivity contribution is 5.78. The Morgan fingerprint density at radius 2 is 1.70 bits per heavy atom. The second-order valence-electron chi connectivity index (χ2n) is 5.99. The van der Waals surface area contributed by atoms with Crippen LogP contribution in [0.4, 0.5) is 0 Å². The predicted molar refractivity (Wildman–Crippen MR) is 87.8 cm³/mol. The van der Waals surface area contributed by atoms with Crippen LogP contribution in [0.5, 0.6) is 0 Å². The quantitative estimate of drug-likeness (QED) is 0.701. The Bertz CT molecular complexity index is 233. The Hall–Kier alpha value is -0.570. The number of hydrogen-bond donors (Lipinski definition) is 2. The van der Waals surface area contributed by atoms with Crippen molar-refractivity contribution in [2.24, 2.45) is 17.8 Å². The van der Waals surface area contributed by atoms with E-state index in [1.807, 2.05) is 13.8 Å². The second-order valence-corrected chi connectivity index (χ2v) is 5.99. The molecule has 1 aliphatic rings. The lowest BCUT2D eigenvalue weighted by Crippen LogP contribution is -2.37. The van der Waals surface area contributed by atoms with Gasteiger partial charge in [0.2, 0.25) is 5.91 Å². The standard InChI is InChI=1S/C15H30N2O.C2H6/c1-4-16-9-10-17-15(18)14-7-5-13(6-8-14)11-12(2)3;1-2/h12-14,16H,4-11H2,1-3H3,(H,17,18);1-2H3. The van der Waals surface area contributed by atoms with Crippen molar-refractivity contribution in [1.82, 2.24) is 10.6 Å². The van der Waals surface area contributed by atoms with Gasteiger partial charge in [0.1, 0.15) is 0 Å². The monoisotopic (exact) mass is 284 g/mol. The summed E-state index contributed by atoms with van der Waals surface area (Å²) in [5, 5.41) is 6.26. The third kappa shape index (κ3) is 8.57. The van der Waals surface area contributed by atoms with E-state index in [-0.39, 0.29) is 11.8 Å². The molecular weight excluding hydrogens is 248 g/mol. The molecule has 2 N–H and O–H groups in total. The molecule has 0 aromatic carbocycles. The van der Waals surface area contributed by atoms with Crippen molar-refractivity contribution in [2.45, 2.75) is 66.7 Å². The highest BCUT2D eigenvalue weighted by Gasteiger charge is 2.26. The van der Waals surface area contributed by atoms with Crippen LogP contribution in [0.25, 0.3) is 0 Å². The van der Waals surface area contributed by atoms with Gasteiger partial charge in [-0.05, 0) is 50.5 Å². The minimum absolute atomic E-state index is 0.273. The van der Waals surface area contributed by atoms with Gasteiger partial charge in [0.15, 0.2) is 0 Å². The number of rotatable bonds is 7. The summed E-state index contributed by atoms with van der Waals surface area (Å²) >= 11 is 0. The lowest BCUT2D eigenvalue weighted by Gasteiger charge is -2.28. The smallest absolute Gasteiger partial charge is 0.223 e. The summed E-state index contributed by atoms with van der Waals surface area (Å²) in [5.74, 6) is 2.20. The van der Waals surface area contributed by atoms with E-state index in [2.05, 4.69) is 31.4 Å². The molecule has 0 aliphatic heterocycles. The van der Waals surface area contributed by atoms with E-state index >= 15 is 0 Å². The summed E-state index contributed by atoms with van der Waals surface area (Å²) in [7, 11) is 0. The summed E-state index contributed by atoms with van der Waals surface area (Å²) in [5.41, 5.74) is 0.